The number of piperidine rings is 1. The Morgan fingerprint density at radius 2 is 2.19 bits per heavy atom. The van der Waals surface area contributed by atoms with Crippen LogP contribution in [0.1, 0.15) is 32.6 Å². The molecule has 1 aromatic carbocycles. The summed E-state index contributed by atoms with van der Waals surface area (Å²) in [5.41, 5.74) is 0.853. The van der Waals surface area contributed by atoms with Gasteiger partial charge in [0.25, 0.3) is 0 Å². The largest absolute Gasteiger partial charge is 0.357 e. The van der Waals surface area contributed by atoms with E-state index in [0.717, 1.165) is 37.1 Å². The fourth-order valence-corrected chi connectivity index (χ4v) is 3.20. The van der Waals surface area contributed by atoms with E-state index in [4.69, 9.17) is 21.1 Å². The minimum atomic E-state index is 0.559. The highest BCUT2D eigenvalue weighted by molar-refractivity contribution is 6.30. The molecule has 1 N–H and O–H groups in total. The highest BCUT2D eigenvalue weighted by atomic mass is 35.5. The number of nitrogens with zero attached hydrogens (tertiary/aromatic N) is 4. The second kappa shape index (κ2) is 9.03. The Morgan fingerprint density at radius 3 is 2.92 bits per heavy atom. The number of hydrogen-bond donors (Lipinski definition) is 1. The van der Waals surface area contributed by atoms with Crippen LogP contribution < -0.4 is 5.32 Å². The third kappa shape index (κ3) is 4.97. The molecular formula is C19H26ClN5O. The van der Waals surface area contributed by atoms with Crippen molar-refractivity contribution in [3.63, 3.8) is 0 Å². The van der Waals surface area contributed by atoms with Crippen LogP contribution in [0.15, 0.2) is 33.8 Å². The van der Waals surface area contributed by atoms with Crippen LogP contribution in [0.3, 0.4) is 0 Å². The van der Waals surface area contributed by atoms with Crippen molar-refractivity contribution in [2.24, 2.45) is 10.9 Å². The van der Waals surface area contributed by atoms with Gasteiger partial charge in [0.15, 0.2) is 5.96 Å². The minimum Gasteiger partial charge on any atom is -0.357 e. The molecule has 0 saturated carbocycles. The number of benzene rings is 1. The lowest BCUT2D eigenvalue weighted by Crippen LogP contribution is -2.45. The number of halogens is 1. The molecule has 0 atom stereocenters. The first kappa shape index (κ1) is 18.7. The molecule has 2 aromatic rings. The normalized spacial score (nSPS) is 16.1. The topological polar surface area (TPSA) is 66.5 Å². The van der Waals surface area contributed by atoms with Crippen molar-refractivity contribution in [3.05, 3.63) is 35.2 Å². The number of rotatable bonds is 5. The number of aromatic nitrogens is 2. The molecule has 1 aromatic heterocycles. The van der Waals surface area contributed by atoms with Crippen molar-refractivity contribution in [1.29, 1.82) is 0 Å². The van der Waals surface area contributed by atoms with Gasteiger partial charge in [-0.15, -0.1) is 0 Å². The summed E-state index contributed by atoms with van der Waals surface area (Å²) in [6.45, 7) is 8.01. The van der Waals surface area contributed by atoms with Gasteiger partial charge in [-0.1, -0.05) is 35.8 Å². The van der Waals surface area contributed by atoms with Gasteiger partial charge in [-0.2, -0.15) is 4.98 Å². The van der Waals surface area contributed by atoms with Gasteiger partial charge in [-0.05, 0) is 37.8 Å². The molecule has 0 radical (unpaired) electrons. The van der Waals surface area contributed by atoms with Crippen molar-refractivity contribution in [2.75, 3.05) is 26.2 Å². The zero-order valence-corrected chi connectivity index (χ0v) is 16.2. The summed E-state index contributed by atoms with van der Waals surface area (Å²) in [6.07, 6.45) is 3.06. The summed E-state index contributed by atoms with van der Waals surface area (Å²) in [7, 11) is 0. The zero-order chi connectivity index (χ0) is 18.4. The Labute approximate surface area is 159 Å². The van der Waals surface area contributed by atoms with Crippen LogP contribution in [-0.2, 0) is 6.42 Å². The maximum absolute atomic E-state index is 6.02. The van der Waals surface area contributed by atoms with E-state index in [-0.39, 0.29) is 0 Å². The van der Waals surface area contributed by atoms with Crippen molar-refractivity contribution < 1.29 is 4.52 Å². The molecule has 2 heterocycles. The van der Waals surface area contributed by atoms with Crippen molar-refractivity contribution >= 4 is 17.6 Å². The van der Waals surface area contributed by atoms with Crippen molar-refractivity contribution in [2.45, 2.75) is 33.1 Å². The monoisotopic (exact) mass is 375 g/mol. The maximum Gasteiger partial charge on any atom is 0.228 e. The number of hydrogen-bond acceptors (Lipinski definition) is 4. The van der Waals surface area contributed by atoms with E-state index < -0.39 is 0 Å². The van der Waals surface area contributed by atoms with Gasteiger partial charge in [0.1, 0.15) is 0 Å². The summed E-state index contributed by atoms with van der Waals surface area (Å²) >= 11 is 6.02. The summed E-state index contributed by atoms with van der Waals surface area (Å²) in [4.78, 5) is 11.5. The second-order valence-electron chi connectivity index (χ2n) is 6.68. The molecule has 1 saturated heterocycles. The molecule has 0 bridgehead atoms. The van der Waals surface area contributed by atoms with Crippen LogP contribution in [0.25, 0.3) is 11.4 Å². The third-order valence-corrected chi connectivity index (χ3v) is 4.79. The average molecular weight is 376 g/mol. The van der Waals surface area contributed by atoms with Crippen LogP contribution >= 0.6 is 11.6 Å². The van der Waals surface area contributed by atoms with Crippen LogP contribution in [0.2, 0.25) is 5.02 Å². The standard InChI is InChI=1S/C19H26ClN5O/c1-3-21-19(25-11-8-14(2)9-12-25)22-10-7-17-23-18(24-26-17)15-5-4-6-16(20)13-15/h4-6,13-14H,3,7-12H2,1-2H3,(H,21,22). The van der Waals surface area contributed by atoms with Crippen LogP contribution in [0.4, 0.5) is 0 Å². The predicted octanol–water partition coefficient (Wildman–Crippen LogP) is 3.63. The van der Waals surface area contributed by atoms with Gasteiger partial charge < -0.3 is 14.7 Å². The van der Waals surface area contributed by atoms with E-state index in [1.165, 1.54) is 12.8 Å². The summed E-state index contributed by atoms with van der Waals surface area (Å²) < 4.78 is 5.35. The van der Waals surface area contributed by atoms with E-state index in [1.54, 1.807) is 0 Å². The molecule has 0 unspecified atom stereocenters. The molecule has 26 heavy (non-hydrogen) atoms. The molecule has 140 valence electrons. The van der Waals surface area contributed by atoms with Gasteiger partial charge in [-0.25, -0.2) is 0 Å². The van der Waals surface area contributed by atoms with Gasteiger partial charge >= 0.3 is 0 Å². The third-order valence-electron chi connectivity index (χ3n) is 4.56. The molecule has 7 heteroatoms. The summed E-state index contributed by atoms with van der Waals surface area (Å²) in [5, 5.41) is 8.08. The molecule has 1 aliphatic rings. The van der Waals surface area contributed by atoms with E-state index >= 15 is 0 Å². The molecule has 0 amide bonds. The second-order valence-corrected chi connectivity index (χ2v) is 7.11. The number of nitrogens with one attached hydrogen (secondary N) is 1. The average Bonchev–Trinajstić information content (AvgIpc) is 3.11. The summed E-state index contributed by atoms with van der Waals surface area (Å²) in [5.74, 6) is 2.93. The molecule has 1 fully saturated rings. The molecule has 3 rings (SSSR count). The van der Waals surface area contributed by atoms with Gasteiger partial charge in [0.05, 0.1) is 6.54 Å². The highest BCUT2D eigenvalue weighted by Gasteiger charge is 2.18. The van der Waals surface area contributed by atoms with Crippen molar-refractivity contribution in [3.8, 4) is 11.4 Å². The fraction of sp³-hybridized carbons (Fsp3) is 0.526. The first-order valence-corrected chi connectivity index (χ1v) is 9.65. The van der Waals surface area contributed by atoms with Crippen LogP contribution in [0.5, 0.6) is 0 Å². The van der Waals surface area contributed by atoms with Gasteiger partial charge in [0, 0.05) is 36.6 Å². The molecule has 6 nitrogen and oxygen atoms in total. The summed E-state index contributed by atoms with van der Waals surface area (Å²) in [6, 6.07) is 7.44. The highest BCUT2D eigenvalue weighted by Crippen LogP contribution is 2.20. The smallest absolute Gasteiger partial charge is 0.228 e. The SMILES string of the molecule is CCNC(=NCCc1nc(-c2cccc(Cl)c2)no1)N1CCC(C)CC1. The first-order valence-electron chi connectivity index (χ1n) is 9.27. The lowest BCUT2D eigenvalue weighted by Gasteiger charge is -2.32. The fourth-order valence-electron chi connectivity index (χ4n) is 3.00. The molecule has 1 aliphatic heterocycles. The van der Waals surface area contributed by atoms with E-state index in [9.17, 15) is 0 Å². The Hall–Kier alpha value is -2.08. The van der Waals surface area contributed by atoms with E-state index in [1.807, 2.05) is 24.3 Å². The minimum absolute atomic E-state index is 0.559. The number of guanidine groups is 1. The number of likely N-dealkylation sites (tertiary alicyclic amines) is 1. The Bertz CT molecular complexity index is 737. The van der Waals surface area contributed by atoms with Gasteiger partial charge in [-0.3, -0.25) is 4.99 Å². The Morgan fingerprint density at radius 1 is 1.38 bits per heavy atom. The first-order chi connectivity index (χ1) is 12.7. The van der Waals surface area contributed by atoms with E-state index in [0.29, 0.717) is 29.7 Å². The Kier molecular flexibility index (Phi) is 6.50. The maximum atomic E-state index is 6.02. The Balaban J connectivity index is 1.59. The molecule has 0 aliphatic carbocycles. The lowest BCUT2D eigenvalue weighted by atomic mass is 10.00. The zero-order valence-electron chi connectivity index (χ0n) is 15.4. The molecule has 0 spiro atoms. The van der Waals surface area contributed by atoms with Gasteiger partial charge in [0.2, 0.25) is 11.7 Å². The predicted molar refractivity (Wildman–Crippen MR) is 104 cm³/mol. The van der Waals surface area contributed by atoms with Crippen molar-refractivity contribution in [1.82, 2.24) is 20.4 Å². The quantitative estimate of drug-likeness (QED) is 0.638. The molecular weight excluding hydrogens is 350 g/mol. The van der Waals surface area contributed by atoms with E-state index in [2.05, 4.69) is 34.2 Å². The van der Waals surface area contributed by atoms with Crippen LogP contribution in [0, 0.1) is 5.92 Å². The number of aliphatic imine (C=N–C) groups is 1. The lowest BCUT2D eigenvalue weighted by molar-refractivity contribution is 0.273. The van der Waals surface area contributed by atoms with Crippen LogP contribution in [-0.4, -0.2) is 47.2 Å².